The molecule has 0 heterocycles. The number of thioether (sulfide) groups is 1. The lowest BCUT2D eigenvalue weighted by Crippen LogP contribution is -2.34. The van der Waals surface area contributed by atoms with E-state index in [4.69, 9.17) is 0 Å². The highest BCUT2D eigenvalue weighted by molar-refractivity contribution is 7.98. The Labute approximate surface area is 120 Å². The molecule has 19 heavy (non-hydrogen) atoms. The Morgan fingerprint density at radius 1 is 1.32 bits per heavy atom. The van der Waals surface area contributed by atoms with Gasteiger partial charge in [-0.2, -0.15) is 11.8 Å². The fraction of sp³-hybridized carbons (Fsp3) is 0.562. The van der Waals surface area contributed by atoms with Crippen molar-refractivity contribution >= 4 is 17.7 Å². The van der Waals surface area contributed by atoms with Crippen molar-refractivity contribution in [1.82, 2.24) is 5.32 Å². The van der Waals surface area contributed by atoms with Gasteiger partial charge in [0.2, 0.25) is 5.91 Å². The van der Waals surface area contributed by atoms with Gasteiger partial charge in [0.05, 0.1) is 0 Å². The molecule has 0 aromatic heterocycles. The summed E-state index contributed by atoms with van der Waals surface area (Å²) in [6, 6.07) is 10.6. The quantitative estimate of drug-likeness (QED) is 0.865. The van der Waals surface area contributed by atoms with Crippen LogP contribution in [0, 0.1) is 5.41 Å². The molecule has 1 aliphatic rings. The van der Waals surface area contributed by atoms with Gasteiger partial charge in [0.25, 0.3) is 0 Å². The van der Waals surface area contributed by atoms with Crippen molar-refractivity contribution in [2.45, 2.75) is 32.1 Å². The number of hydrogen-bond donors (Lipinski definition) is 1. The molecule has 0 radical (unpaired) electrons. The zero-order chi connectivity index (χ0) is 13.9. The van der Waals surface area contributed by atoms with Crippen LogP contribution in [0.15, 0.2) is 30.3 Å². The van der Waals surface area contributed by atoms with Gasteiger partial charge >= 0.3 is 0 Å². The van der Waals surface area contributed by atoms with Gasteiger partial charge in [-0.05, 0) is 23.7 Å². The van der Waals surface area contributed by atoms with Crippen LogP contribution in [0.5, 0.6) is 0 Å². The van der Waals surface area contributed by atoms with Crippen molar-refractivity contribution in [2.75, 3.05) is 18.6 Å². The monoisotopic (exact) mass is 277 g/mol. The minimum absolute atomic E-state index is 0.128. The molecular formula is C16H23NOS. The number of hydrogen-bond acceptors (Lipinski definition) is 2. The van der Waals surface area contributed by atoms with E-state index in [1.165, 1.54) is 5.56 Å². The van der Waals surface area contributed by atoms with E-state index in [2.05, 4.69) is 43.4 Å². The van der Waals surface area contributed by atoms with Crippen molar-refractivity contribution in [1.29, 1.82) is 0 Å². The fourth-order valence-corrected chi connectivity index (χ4v) is 3.29. The van der Waals surface area contributed by atoms with Crippen LogP contribution < -0.4 is 5.32 Å². The Morgan fingerprint density at radius 2 is 1.95 bits per heavy atom. The highest BCUT2D eigenvalue weighted by Crippen LogP contribution is 2.63. The Balaban J connectivity index is 2.01. The summed E-state index contributed by atoms with van der Waals surface area (Å²) in [5.41, 5.74) is 1.76. The molecule has 0 saturated heterocycles. The van der Waals surface area contributed by atoms with E-state index in [1.807, 2.05) is 12.3 Å². The third-order valence-corrected chi connectivity index (χ3v) is 4.97. The molecule has 1 aliphatic carbocycles. The van der Waals surface area contributed by atoms with Crippen LogP contribution >= 0.6 is 11.8 Å². The van der Waals surface area contributed by atoms with Crippen molar-refractivity contribution < 1.29 is 4.79 Å². The van der Waals surface area contributed by atoms with Gasteiger partial charge in [-0.3, -0.25) is 4.79 Å². The number of amides is 1. The van der Waals surface area contributed by atoms with E-state index >= 15 is 0 Å². The van der Waals surface area contributed by atoms with Crippen LogP contribution in [0.25, 0.3) is 0 Å². The highest BCUT2D eigenvalue weighted by Gasteiger charge is 2.61. The molecule has 104 valence electrons. The second kappa shape index (κ2) is 5.58. The summed E-state index contributed by atoms with van der Waals surface area (Å²) in [4.78, 5) is 11.8. The number of carbonyl (C=O) groups excluding carboxylic acids is 1. The van der Waals surface area contributed by atoms with E-state index in [0.29, 0.717) is 6.42 Å². The summed E-state index contributed by atoms with van der Waals surface area (Å²) in [6.45, 7) is 5.33. The molecule has 1 aromatic carbocycles. The third-order valence-electron chi connectivity index (χ3n) is 4.36. The Morgan fingerprint density at radius 3 is 2.47 bits per heavy atom. The molecule has 1 amide bonds. The highest BCUT2D eigenvalue weighted by atomic mass is 32.2. The first-order valence-corrected chi connectivity index (χ1v) is 8.22. The maximum atomic E-state index is 11.8. The molecule has 1 atom stereocenters. The third kappa shape index (κ3) is 2.97. The zero-order valence-corrected chi connectivity index (χ0v) is 12.8. The topological polar surface area (TPSA) is 29.1 Å². The summed E-state index contributed by atoms with van der Waals surface area (Å²) in [6.07, 6.45) is 3.79. The molecule has 1 fully saturated rings. The van der Waals surface area contributed by atoms with Crippen LogP contribution in [0.2, 0.25) is 0 Å². The van der Waals surface area contributed by atoms with Gasteiger partial charge < -0.3 is 5.32 Å². The fourth-order valence-electron chi connectivity index (χ4n) is 2.90. The SMILES string of the molecule is CSCCC(=O)NCC1(c2ccccc2)CC1(C)C. The molecule has 0 aliphatic heterocycles. The lowest BCUT2D eigenvalue weighted by Gasteiger charge is -2.22. The molecule has 1 unspecified atom stereocenters. The van der Waals surface area contributed by atoms with Crippen molar-refractivity contribution in [3.05, 3.63) is 35.9 Å². The Kier molecular flexibility index (Phi) is 4.24. The number of nitrogens with one attached hydrogen (secondary N) is 1. The van der Waals surface area contributed by atoms with Crippen LogP contribution in [-0.4, -0.2) is 24.5 Å². The molecule has 1 N–H and O–H groups in total. The molecule has 3 heteroatoms. The normalized spacial score (nSPS) is 23.9. The van der Waals surface area contributed by atoms with Crippen LogP contribution in [0.1, 0.15) is 32.3 Å². The molecule has 0 spiro atoms. The second-order valence-corrected chi connectivity index (χ2v) is 7.01. The molecule has 2 rings (SSSR count). The van der Waals surface area contributed by atoms with Crippen LogP contribution in [-0.2, 0) is 10.2 Å². The average molecular weight is 277 g/mol. The molecular weight excluding hydrogens is 254 g/mol. The van der Waals surface area contributed by atoms with Crippen molar-refractivity contribution in [2.24, 2.45) is 5.41 Å². The van der Waals surface area contributed by atoms with Gasteiger partial charge in [-0.1, -0.05) is 44.2 Å². The van der Waals surface area contributed by atoms with Gasteiger partial charge in [-0.15, -0.1) is 0 Å². The van der Waals surface area contributed by atoms with Crippen molar-refractivity contribution in [3.63, 3.8) is 0 Å². The maximum Gasteiger partial charge on any atom is 0.220 e. The summed E-state index contributed by atoms with van der Waals surface area (Å²) in [7, 11) is 0. The summed E-state index contributed by atoms with van der Waals surface area (Å²) in [5.74, 6) is 1.07. The van der Waals surface area contributed by atoms with Gasteiger partial charge in [0, 0.05) is 24.1 Å². The lowest BCUT2D eigenvalue weighted by atomic mass is 9.88. The first-order valence-electron chi connectivity index (χ1n) is 6.83. The van der Waals surface area contributed by atoms with Gasteiger partial charge in [0.15, 0.2) is 0 Å². The molecule has 0 bridgehead atoms. The molecule has 1 aromatic rings. The number of carbonyl (C=O) groups is 1. The maximum absolute atomic E-state index is 11.8. The standard InChI is InChI=1S/C16H23NOS/c1-15(2)11-16(15,13-7-5-4-6-8-13)12-17-14(18)9-10-19-3/h4-8H,9-12H2,1-3H3,(H,17,18). The van der Waals surface area contributed by atoms with Crippen LogP contribution in [0.4, 0.5) is 0 Å². The van der Waals surface area contributed by atoms with Crippen molar-refractivity contribution in [3.8, 4) is 0 Å². The Bertz CT molecular complexity index is 443. The molecule has 1 saturated carbocycles. The summed E-state index contributed by atoms with van der Waals surface area (Å²) < 4.78 is 0. The summed E-state index contributed by atoms with van der Waals surface area (Å²) >= 11 is 1.71. The molecule has 2 nitrogen and oxygen atoms in total. The Hall–Kier alpha value is -0.960. The van der Waals surface area contributed by atoms with Gasteiger partial charge in [0.1, 0.15) is 0 Å². The van der Waals surface area contributed by atoms with Crippen LogP contribution in [0.3, 0.4) is 0 Å². The number of benzene rings is 1. The summed E-state index contributed by atoms with van der Waals surface area (Å²) in [5, 5.41) is 3.12. The predicted octanol–water partition coefficient (Wildman–Crippen LogP) is 3.22. The largest absolute Gasteiger partial charge is 0.355 e. The first-order chi connectivity index (χ1) is 9.02. The first kappa shape index (κ1) is 14.4. The number of rotatable bonds is 6. The zero-order valence-electron chi connectivity index (χ0n) is 12.0. The second-order valence-electron chi connectivity index (χ2n) is 6.03. The lowest BCUT2D eigenvalue weighted by molar-refractivity contribution is -0.120. The van der Waals surface area contributed by atoms with E-state index in [0.717, 1.165) is 18.7 Å². The van der Waals surface area contributed by atoms with E-state index in [9.17, 15) is 4.79 Å². The van der Waals surface area contributed by atoms with E-state index in [1.54, 1.807) is 11.8 Å². The van der Waals surface area contributed by atoms with E-state index in [-0.39, 0.29) is 16.7 Å². The average Bonchev–Trinajstić information content (AvgIpc) is 2.98. The smallest absolute Gasteiger partial charge is 0.220 e. The minimum atomic E-state index is 0.128. The van der Waals surface area contributed by atoms with E-state index < -0.39 is 0 Å². The van der Waals surface area contributed by atoms with Gasteiger partial charge in [-0.25, -0.2) is 0 Å². The minimum Gasteiger partial charge on any atom is -0.355 e. The predicted molar refractivity (Wildman–Crippen MR) is 82.5 cm³/mol.